The largest absolute Gasteiger partial charge is 0.444 e. The minimum atomic E-state index is -0.428. The van der Waals surface area contributed by atoms with E-state index in [1.54, 1.807) is 16.2 Å². The topological polar surface area (TPSA) is 45.7 Å². The fraction of sp³-hybridized carbons (Fsp3) is 0.714. The van der Waals surface area contributed by atoms with Crippen molar-refractivity contribution in [2.24, 2.45) is 0 Å². The Morgan fingerprint density at radius 3 is 2.50 bits per heavy atom. The summed E-state index contributed by atoms with van der Waals surface area (Å²) in [6, 6.07) is 0.316. The molecular weight excluding hydrogens is 274 g/mol. The van der Waals surface area contributed by atoms with Crippen molar-refractivity contribution in [3.8, 4) is 0 Å². The smallest absolute Gasteiger partial charge is 0.410 e. The van der Waals surface area contributed by atoms with E-state index in [4.69, 9.17) is 4.74 Å². The number of carbonyl (C=O) groups excluding carboxylic acids is 1. The van der Waals surface area contributed by atoms with Crippen molar-refractivity contribution in [2.75, 3.05) is 26.2 Å². The maximum absolute atomic E-state index is 12.0. The van der Waals surface area contributed by atoms with Crippen LogP contribution in [-0.4, -0.2) is 52.7 Å². The first kappa shape index (κ1) is 15.3. The van der Waals surface area contributed by atoms with E-state index in [0.29, 0.717) is 19.1 Å². The molecule has 0 N–H and O–H groups in total. The van der Waals surface area contributed by atoms with Gasteiger partial charge in [-0.15, -0.1) is 11.3 Å². The van der Waals surface area contributed by atoms with Gasteiger partial charge in [0.1, 0.15) is 10.6 Å². The summed E-state index contributed by atoms with van der Waals surface area (Å²) in [4.78, 5) is 20.5. The van der Waals surface area contributed by atoms with Crippen LogP contribution in [0.25, 0.3) is 0 Å². The highest BCUT2D eigenvalue weighted by molar-refractivity contribution is 7.09. The molecule has 1 amide bonds. The molecular formula is C14H23N3O2S. The average molecular weight is 297 g/mol. The predicted octanol–water partition coefficient (Wildman–Crippen LogP) is 2.76. The van der Waals surface area contributed by atoms with Crippen molar-refractivity contribution in [3.63, 3.8) is 0 Å². The lowest BCUT2D eigenvalue weighted by Gasteiger charge is -2.37. The molecule has 2 heterocycles. The molecule has 1 atom stereocenters. The highest BCUT2D eigenvalue weighted by Crippen LogP contribution is 2.23. The third kappa shape index (κ3) is 3.93. The Bertz CT molecular complexity index is 434. The third-order valence-corrected chi connectivity index (χ3v) is 4.27. The molecule has 1 aromatic heterocycles. The summed E-state index contributed by atoms with van der Waals surface area (Å²) in [5, 5.41) is 3.14. The van der Waals surface area contributed by atoms with Crippen molar-refractivity contribution in [1.82, 2.24) is 14.8 Å². The number of hydrogen-bond donors (Lipinski definition) is 0. The Balaban J connectivity index is 1.85. The molecule has 0 saturated carbocycles. The summed E-state index contributed by atoms with van der Waals surface area (Å²) >= 11 is 1.68. The minimum Gasteiger partial charge on any atom is -0.444 e. The molecule has 0 bridgehead atoms. The molecule has 1 saturated heterocycles. The van der Waals surface area contributed by atoms with Gasteiger partial charge >= 0.3 is 6.09 Å². The molecule has 1 aliphatic heterocycles. The molecule has 0 aromatic carbocycles. The molecule has 5 nitrogen and oxygen atoms in total. The van der Waals surface area contributed by atoms with Crippen molar-refractivity contribution < 1.29 is 9.53 Å². The summed E-state index contributed by atoms with van der Waals surface area (Å²) in [5.41, 5.74) is -0.428. The number of ether oxygens (including phenoxy) is 1. The molecule has 1 fully saturated rings. The number of aromatic nitrogens is 1. The van der Waals surface area contributed by atoms with E-state index < -0.39 is 5.60 Å². The van der Waals surface area contributed by atoms with Gasteiger partial charge in [-0.1, -0.05) is 0 Å². The van der Waals surface area contributed by atoms with E-state index in [0.717, 1.165) is 18.1 Å². The quantitative estimate of drug-likeness (QED) is 0.842. The normalized spacial score (nSPS) is 18.9. The van der Waals surface area contributed by atoms with Gasteiger partial charge in [-0.05, 0) is 27.7 Å². The lowest BCUT2D eigenvalue weighted by molar-refractivity contribution is 0.0110. The second-order valence-corrected chi connectivity index (χ2v) is 6.98. The lowest BCUT2D eigenvalue weighted by Crippen LogP contribution is -2.50. The van der Waals surface area contributed by atoms with Crippen molar-refractivity contribution in [1.29, 1.82) is 0 Å². The van der Waals surface area contributed by atoms with E-state index in [-0.39, 0.29) is 6.09 Å². The van der Waals surface area contributed by atoms with Crippen LogP contribution in [0, 0.1) is 0 Å². The second kappa shape index (κ2) is 6.10. The van der Waals surface area contributed by atoms with Gasteiger partial charge in [0, 0.05) is 37.8 Å². The number of carbonyl (C=O) groups is 1. The van der Waals surface area contributed by atoms with Crippen LogP contribution < -0.4 is 0 Å². The predicted molar refractivity (Wildman–Crippen MR) is 79.9 cm³/mol. The summed E-state index contributed by atoms with van der Waals surface area (Å²) < 4.78 is 5.40. The van der Waals surface area contributed by atoms with Crippen LogP contribution in [0.1, 0.15) is 38.7 Å². The molecule has 6 heteroatoms. The first-order valence-electron chi connectivity index (χ1n) is 6.98. The van der Waals surface area contributed by atoms with Gasteiger partial charge in [0.25, 0.3) is 0 Å². The molecule has 20 heavy (non-hydrogen) atoms. The van der Waals surface area contributed by atoms with E-state index >= 15 is 0 Å². The molecule has 2 rings (SSSR count). The number of amides is 1. The maximum Gasteiger partial charge on any atom is 0.410 e. The summed E-state index contributed by atoms with van der Waals surface area (Å²) in [7, 11) is 0. The van der Waals surface area contributed by atoms with Crippen LogP contribution in [0.2, 0.25) is 0 Å². The minimum absolute atomic E-state index is 0.209. The number of hydrogen-bond acceptors (Lipinski definition) is 5. The Hall–Kier alpha value is -1.14. The van der Waals surface area contributed by atoms with Crippen LogP contribution in [0.15, 0.2) is 11.6 Å². The van der Waals surface area contributed by atoms with Crippen LogP contribution in [0.3, 0.4) is 0 Å². The molecule has 112 valence electrons. The first-order valence-corrected chi connectivity index (χ1v) is 7.86. The van der Waals surface area contributed by atoms with E-state index in [9.17, 15) is 4.79 Å². The average Bonchev–Trinajstić information content (AvgIpc) is 2.90. The molecule has 0 radical (unpaired) electrons. The zero-order valence-corrected chi connectivity index (χ0v) is 13.4. The second-order valence-electron chi connectivity index (χ2n) is 6.05. The van der Waals surface area contributed by atoms with Crippen molar-refractivity contribution >= 4 is 17.4 Å². The van der Waals surface area contributed by atoms with Crippen molar-refractivity contribution in [3.05, 3.63) is 16.6 Å². The summed E-state index contributed by atoms with van der Waals surface area (Å²) in [6.07, 6.45) is 1.63. The van der Waals surface area contributed by atoms with E-state index in [1.165, 1.54) is 0 Å². The molecule has 1 aromatic rings. The zero-order valence-electron chi connectivity index (χ0n) is 12.6. The Labute approximate surface area is 124 Å². The van der Waals surface area contributed by atoms with Crippen LogP contribution in [0.4, 0.5) is 4.79 Å². The molecule has 0 aliphatic carbocycles. The summed E-state index contributed by atoms with van der Waals surface area (Å²) in [6.45, 7) is 11.0. The highest BCUT2D eigenvalue weighted by Gasteiger charge is 2.28. The van der Waals surface area contributed by atoms with E-state index in [1.807, 2.05) is 32.3 Å². The first-order chi connectivity index (χ1) is 9.37. The number of nitrogens with zero attached hydrogens (tertiary/aromatic N) is 3. The molecule has 0 unspecified atom stereocenters. The van der Waals surface area contributed by atoms with Gasteiger partial charge < -0.3 is 9.64 Å². The van der Waals surface area contributed by atoms with Crippen LogP contribution >= 0.6 is 11.3 Å². The Morgan fingerprint density at radius 2 is 2.00 bits per heavy atom. The van der Waals surface area contributed by atoms with Gasteiger partial charge in [-0.2, -0.15) is 0 Å². The lowest BCUT2D eigenvalue weighted by atomic mass is 10.2. The standard InChI is InChI=1S/C14H23N3O2S/c1-11(12-15-5-10-20-12)16-6-8-17(9-7-16)13(18)19-14(2,3)4/h5,10-11H,6-9H2,1-4H3/t11-/m1/s1. The number of piperazine rings is 1. The summed E-state index contributed by atoms with van der Waals surface area (Å²) in [5.74, 6) is 0. The molecule has 1 aliphatic rings. The Kier molecular flexibility index (Phi) is 4.65. The zero-order chi connectivity index (χ0) is 14.8. The van der Waals surface area contributed by atoms with Crippen LogP contribution in [-0.2, 0) is 4.74 Å². The van der Waals surface area contributed by atoms with Gasteiger partial charge in [-0.25, -0.2) is 9.78 Å². The monoisotopic (exact) mass is 297 g/mol. The Morgan fingerprint density at radius 1 is 1.35 bits per heavy atom. The third-order valence-electron chi connectivity index (χ3n) is 3.32. The van der Waals surface area contributed by atoms with Crippen molar-refractivity contribution in [2.45, 2.75) is 39.3 Å². The van der Waals surface area contributed by atoms with Gasteiger partial charge in [0.15, 0.2) is 0 Å². The van der Waals surface area contributed by atoms with Crippen LogP contribution in [0.5, 0.6) is 0 Å². The fourth-order valence-corrected chi connectivity index (χ4v) is 2.94. The van der Waals surface area contributed by atoms with Gasteiger partial charge in [0.05, 0.1) is 6.04 Å². The fourth-order valence-electron chi connectivity index (χ4n) is 2.22. The SMILES string of the molecule is C[C@H](c1nccs1)N1CCN(C(=O)OC(C)(C)C)CC1. The van der Waals surface area contributed by atoms with Gasteiger partial charge in [-0.3, -0.25) is 4.90 Å². The number of thiazole rings is 1. The highest BCUT2D eigenvalue weighted by atomic mass is 32.1. The number of rotatable bonds is 2. The maximum atomic E-state index is 12.0. The van der Waals surface area contributed by atoms with Gasteiger partial charge in [0.2, 0.25) is 0 Å². The molecule has 0 spiro atoms. The van der Waals surface area contributed by atoms with E-state index in [2.05, 4.69) is 16.8 Å².